The molecule has 132 valence electrons. The number of H-pyrrole nitrogens is 1. The molecule has 2 aromatic rings. The highest BCUT2D eigenvalue weighted by Gasteiger charge is 2.30. The summed E-state index contributed by atoms with van der Waals surface area (Å²) in [6.07, 6.45) is 4.74. The smallest absolute Gasteiger partial charge is 0.271 e. The minimum Gasteiger partial charge on any atom is -0.350 e. The summed E-state index contributed by atoms with van der Waals surface area (Å²) < 4.78 is 0. The SMILES string of the molecule is Cc1cc(C(=O)NCC2CCCN(C3Cc4ccccc4C3)C2)n[nH]1. The van der Waals surface area contributed by atoms with Crippen LogP contribution in [0.25, 0.3) is 0 Å². The summed E-state index contributed by atoms with van der Waals surface area (Å²) in [5, 5.41) is 9.92. The predicted octanol–water partition coefficient (Wildman–Crippen LogP) is 2.33. The van der Waals surface area contributed by atoms with Crippen LogP contribution in [0, 0.1) is 12.8 Å². The Labute approximate surface area is 148 Å². The molecule has 1 aliphatic carbocycles. The van der Waals surface area contributed by atoms with E-state index in [-0.39, 0.29) is 5.91 Å². The van der Waals surface area contributed by atoms with Gasteiger partial charge in [0, 0.05) is 24.8 Å². The third-order valence-electron chi connectivity index (χ3n) is 5.59. The van der Waals surface area contributed by atoms with E-state index in [1.165, 1.54) is 43.4 Å². The number of piperidine rings is 1. The van der Waals surface area contributed by atoms with Crippen LogP contribution >= 0.6 is 0 Å². The molecule has 0 spiro atoms. The summed E-state index contributed by atoms with van der Waals surface area (Å²) >= 11 is 0. The lowest BCUT2D eigenvalue weighted by Crippen LogP contribution is -2.46. The number of nitrogens with one attached hydrogen (secondary N) is 2. The molecule has 1 atom stereocenters. The summed E-state index contributed by atoms with van der Waals surface area (Å²) in [6.45, 7) is 4.91. The highest BCUT2D eigenvalue weighted by atomic mass is 16.1. The fourth-order valence-electron chi connectivity index (χ4n) is 4.25. The summed E-state index contributed by atoms with van der Waals surface area (Å²) in [4.78, 5) is 14.8. The van der Waals surface area contributed by atoms with Gasteiger partial charge in [0.05, 0.1) is 0 Å². The number of nitrogens with zero attached hydrogens (tertiary/aromatic N) is 2. The van der Waals surface area contributed by atoms with E-state index in [2.05, 4.69) is 44.7 Å². The van der Waals surface area contributed by atoms with Crippen molar-refractivity contribution < 1.29 is 4.79 Å². The summed E-state index contributed by atoms with van der Waals surface area (Å²) in [5.41, 5.74) is 4.42. The number of hydrogen-bond donors (Lipinski definition) is 2. The maximum absolute atomic E-state index is 12.2. The highest BCUT2D eigenvalue weighted by Crippen LogP contribution is 2.28. The molecule has 2 aliphatic rings. The Morgan fingerprint density at radius 3 is 2.76 bits per heavy atom. The van der Waals surface area contributed by atoms with Crippen molar-refractivity contribution in [3.05, 3.63) is 52.8 Å². The highest BCUT2D eigenvalue weighted by molar-refractivity contribution is 5.92. The number of rotatable bonds is 4. The first-order valence-electron chi connectivity index (χ1n) is 9.30. The van der Waals surface area contributed by atoms with Gasteiger partial charge in [-0.05, 0) is 62.3 Å². The molecule has 25 heavy (non-hydrogen) atoms. The maximum Gasteiger partial charge on any atom is 0.271 e. The Balaban J connectivity index is 1.30. The van der Waals surface area contributed by atoms with Crippen LogP contribution in [-0.2, 0) is 12.8 Å². The van der Waals surface area contributed by atoms with Crippen LogP contribution in [0.1, 0.15) is 40.2 Å². The normalized spacial score (nSPS) is 21.2. The van der Waals surface area contributed by atoms with E-state index < -0.39 is 0 Å². The van der Waals surface area contributed by atoms with Crippen molar-refractivity contribution in [2.24, 2.45) is 5.92 Å². The molecule has 2 N–H and O–H groups in total. The first kappa shape index (κ1) is 16.3. The number of aromatic nitrogens is 2. The Kier molecular flexibility index (Phi) is 4.57. The molecule has 5 heteroatoms. The van der Waals surface area contributed by atoms with E-state index in [1.807, 2.05) is 6.92 Å². The number of likely N-dealkylation sites (tertiary alicyclic amines) is 1. The van der Waals surface area contributed by atoms with E-state index in [4.69, 9.17) is 0 Å². The Hall–Kier alpha value is -2.14. The van der Waals surface area contributed by atoms with Crippen LogP contribution in [0.3, 0.4) is 0 Å². The second-order valence-electron chi connectivity index (χ2n) is 7.48. The fourth-order valence-corrected chi connectivity index (χ4v) is 4.25. The van der Waals surface area contributed by atoms with Crippen LogP contribution in [-0.4, -0.2) is 46.7 Å². The average molecular weight is 338 g/mol. The number of aromatic amines is 1. The fraction of sp³-hybridized carbons (Fsp3) is 0.500. The van der Waals surface area contributed by atoms with Gasteiger partial charge >= 0.3 is 0 Å². The standard InChI is InChI=1S/C20H26N4O/c1-14-9-19(23-22-14)20(25)21-12-15-5-4-8-24(13-15)18-10-16-6-2-3-7-17(16)11-18/h2-3,6-7,9,15,18H,4-5,8,10-13H2,1H3,(H,21,25)(H,22,23). The average Bonchev–Trinajstić information content (AvgIpc) is 3.26. The number of amides is 1. The molecule has 4 rings (SSSR count). The largest absolute Gasteiger partial charge is 0.350 e. The zero-order valence-corrected chi connectivity index (χ0v) is 14.8. The van der Waals surface area contributed by atoms with Crippen molar-refractivity contribution >= 4 is 5.91 Å². The zero-order chi connectivity index (χ0) is 17.2. The molecule has 2 heterocycles. The van der Waals surface area contributed by atoms with E-state index in [9.17, 15) is 4.79 Å². The molecular weight excluding hydrogens is 312 g/mol. The minimum atomic E-state index is -0.0743. The molecule has 1 aromatic heterocycles. The molecule has 1 fully saturated rings. The lowest BCUT2D eigenvalue weighted by molar-refractivity contribution is 0.0910. The lowest BCUT2D eigenvalue weighted by atomic mass is 9.96. The molecule has 1 saturated heterocycles. The monoisotopic (exact) mass is 338 g/mol. The van der Waals surface area contributed by atoms with Gasteiger partial charge in [-0.25, -0.2) is 0 Å². The minimum absolute atomic E-state index is 0.0743. The van der Waals surface area contributed by atoms with Gasteiger partial charge in [0.25, 0.3) is 5.91 Å². The van der Waals surface area contributed by atoms with Crippen LogP contribution in [0.2, 0.25) is 0 Å². The number of hydrogen-bond acceptors (Lipinski definition) is 3. The van der Waals surface area contributed by atoms with Gasteiger partial charge in [0.15, 0.2) is 0 Å². The quantitative estimate of drug-likeness (QED) is 0.899. The number of benzene rings is 1. The van der Waals surface area contributed by atoms with E-state index in [0.717, 1.165) is 18.8 Å². The number of carbonyl (C=O) groups excluding carboxylic acids is 1. The van der Waals surface area contributed by atoms with Crippen LogP contribution in [0.15, 0.2) is 30.3 Å². The van der Waals surface area contributed by atoms with E-state index in [1.54, 1.807) is 6.07 Å². The first-order valence-corrected chi connectivity index (χ1v) is 9.30. The van der Waals surface area contributed by atoms with Gasteiger partial charge in [-0.3, -0.25) is 14.8 Å². The second kappa shape index (κ2) is 7.00. The summed E-state index contributed by atoms with van der Waals surface area (Å²) in [5.74, 6) is 0.455. The topological polar surface area (TPSA) is 61.0 Å². The van der Waals surface area contributed by atoms with E-state index in [0.29, 0.717) is 17.7 Å². The number of aryl methyl sites for hydroxylation is 1. The van der Waals surface area contributed by atoms with Crippen molar-refractivity contribution in [2.75, 3.05) is 19.6 Å². The molecule has 0 radical (unpaired) electrons. The zero-order valence-electron chi connectivity index (χ0n) is 14.8. The Morgan fingerprint density at radius 1 is 1.32 bits per heavy atom. The van der Waals surface area contributed by atoms with Gasteiger partial charge in [-0.15, -0.1) is 0 Å². The van der Waals surface area contributed by atoms with Crippen molar-refractivity contribution in [3.8, 4) is 0 Å². The maximum atomic E-state index is 12.2. The third kappa shape index (κ3) is 3.61. The Bertz CT molecular complexity index is 729. The predicted molar refractivity (Wildman–Crippen MR) is 97.6 cm³/mol. The lowest BCUT2D eigenvalue weighted by Gasteiger charge is -2.36. The molecule has 1 amide bonds. The number of carbonyl (C=O) groups is 1. The molecule has 1 unspecified atom stereocenters. The van der Waals surface area contributed by atoms with Gasteiger partial charge in [-0.2, -0.15) is 5.10 Å². The van der Waals surface area contributed by atoms with Gasteiger partial charge in [0.1, 0.15) is 5.69 Å². The van der Waals surface area contributed by atoms with Crippen molar-refractivity contribution in [3.63, 3.8) is 0 Å². The molecule has 0 saturated carbocycles. The molecular formula is C20H26N4O. The first-order chi connectivity index (χ1) is 12.2. The van der Waals surface area contributed by atoms with Crippen LogP contribution < -0.4 is 5.32 Å². The van der Waals surface area contributed by atoms with Crippen LogP contribution in [0.5, 0.6) is 0 Å². The van der Waals surface area contributed by atoms with Crippen LogP contribution in [0.4, 0.5) is 0 Å². The van der Waals surface area contributed by atoms with Crippen molar-refractivity contribution in [2.45, 2.75) is 38.6 Å². The summed E-state index contributed by atoms with van der Waals surface area (Å²) in [6, 6.07) is 11.2. The Morgan fingerprint density at radius 2 is 2.08 bits per heavy atom. The molecule has 0 bridgehead atoms. The van der Waals surface area contributed by atoms with Gasteiger partial charge < -0.3 is 5.32 Å². The van der Waals surface area contributed by atoms with Gasteiger partial charge in [0.2, 0.25) is 0 Å². The summed E-state index contributed by atoms with van der Waals surface area (Å²) in [7, 11) is 0. The van der Waals surface area contributed by atoms with Gasteiger partial charge in [-0.1, -0.05) is 24.3 Å². The second-order valence-corrected chi connectivity index (χ2v) is 7.48. The molecule has 1 aliphatic heterocycles. The third-order valence-corrected chi connectivity index (χ3v) is 5.59. The number of fused-ring (bicyclic) bond motifs is 1. The van der Waals surface area contributed by atoms with E-state index >= 15 is 0 Å². The van der Waals surface area contributed by atoms with Crippen molar-refractivity contribution in [1.29, 1.82) is 0 Å². The van der Waals surface area contributed by atoms with Crippen molar-refractivity contribution in [1.82, 2.24) is 20.4 Å². The molecule has 1 aromatic carbocycles. The molecule has 5 nitrogen and oxygen atoms in total.